The van der Waals surface area contributed by atoms with Crippen molar-refractivity contribution in [2.75, 3.05) is 0 Å². The number of hydrogen-bond acceptors (Lipinski definition) is 2. The van der Waals surface area contributed by atoms with Gasteiger partial charge in [0, 0.05) is 34.8 Å². The molecule has 0 unspecified atom stereocenters. The summed E-state index contributed by atoms with van der Waals surface area (Å²) in [5.41, 5.74) is 6.59. The standard InChI is InChI=1S/C24H21FN4S/c25-22-12-6-4-10-19(22)16-29-17-20(21-11-5-7-13-23(21)29)15-27-28-24(30)26-14-18-8-2-1-3-9-18/h1-13,15,17H,14,16H2,(H2,26,28,30). The van der Waals surface area contributed by atoms with E-state index in [1.165, 1.54) is 6.07 Å². The van der Waals surface area contributed by atoms with Crippen LogP contribution in [0.4, 0.5) is 4.39 Å². The SMILES string of the molecule is Fc1ccccc1Cn1cc(C=NNC(=S)NCc2ccccc2)c2ccccc21. The Morgan fingerprint density at radius 2 is 1.70 bits per heavy atom. The minimum absolute atomic E-state index is 0.206. The average molecular weight is 417 g/mol. The first-order chi connectivity index (χ1) is 14.7. The van der Waals surface area contributed by atoms with Gasteiger partial charge < -0.3 is 9.88 Å². The third kappa shape index (κ3) is 4.72. The van der Waals surface area contributed by atoms with Gasteiger partial charge in [-0.3, -0.25) is 5.43 Å². The summed E-state index contributed by atoms with van der Waals surface area (Å²) in [7, 11) is 0. The molecule has 0 saturated heterocycles. The van der Waals surface area contributed by atoms with Crippen LogP contribution in [0.2, 0.25) is 0 Å². The molecule has 0 saturated carbocycles. The Labute approximate surface area is 180 Å². The van der Waals surface area contributed by atoms with E-state index in [4.69, 9.17) is 12.2 Å². The normalized spacial score (nSPS) is 11.1. The number of hydrogen-bond donors (Lipinski definition) is 2. The Hall–Kier alpha value is -3.51. The fraction of sp³-hybridized carbons (Fsp3) is 0.0833. The second-order valence-corrected chi connectivity index (χ2v) is 7.27. The van der Waals surface area contributed by atoms with Gasteiger partial charge in [0.15, 0.2) is 5.11 Å². The number of nitrogens with one attached hydrogen (secondary N) is 2. The molecule has 4 nitrogen and oxygen atoms in total. The highest BCUT2D eigenvalue weighted by atomic mass is 32.1. The van der Waals surface area contributed by atoms with E-state index >= 15 is 0 Å². The molecule has 1 heterocycles. The number of para-hydroxylation sites is 1. The van der Waals surface area contributed by atoms with Gasteiger partial charge in [0.25, 0.3) is 0 Å². The minimum Gasteiger partial charge on any atom is -0.357 e. The predicted octanol–water partition coefficient (Wildman–Crippen LogP) is 4.83. The summed E-state index contributed by atoms with van der Waals surface area (Å²) < 4.78 is 16.1. The van der Waals surface area contributed by atoms with Gasteiger partial charge in [-0.2, -0.15) is 5.10 Å². The quantitative estimate of drug-likeness (QED) is 0.269. The molecule has 0 amide bonds. The molecule has 150 valence electrons. The number of thiocarbonyl (C=S) groups is 1. The molecule has 0 bridgehead atoms. The number of hydrazone groups is 1. The van der Waals surface area contributed by atoms with Crippen LogP contribution in [0.25, 0.3) is 10.9 Å². The molecule has 4 aromatic rings. The van der Waals surface area contributed by atoms with Gasteiger partial charge in [0.1, 0.15) is 5.82 Å². The zero-order valence-electron chi connectivity index (χ0n) is 16.3. The van der Waals surface area contributed by atoms with Crippen molar-refractivity contribution in [1.82, 2.24) is 15.3 Å². The highest BCUT2D eigenvalue weighted by Gasteiger charge is 2.09. The lowest BCUT2D eigenvalue weighted by Crippen LogP contribution is -2.31. The number of benzene rings is 3. The van der Waals surface area contributed by atoms with Crippen LogP contribution in [0.15, 0.2) is 90.2 Å². The first-order valence-corrected chi connectivity index (χ1v) is 10.0. The van der Waals surface area contributed by atoms with E-state index in [9.17, 15) is 4.39 Å². The molecule has 0 aliphatic carbocycles. The van der Waals surface area contributed by atoms with Crippen LogP contribution in [-0.4, -0.2) is 15.9 Å². The lowest BCUT2D eigenvalue weighted by molar-refractivity contribution is 0.602. The van der Waals surface area contributed by atoms with Crippen molar-refractivity contribution in [1.29, 1.82) is 0 Å². The van der Waals surface area contributed by atoms with Gasteiger partial charge in [-0.15, -0.1) is 0 Å². The van der Waals surface area contributed by atoms with Gasteiger partial charge in [-0.1, -0.05) is 66.7 Å². The van der Waals surface area contributed by atoms with Gasteiger partial charge in [0.05, 0.1) is 12.8 Å². The van der Waals surface area contributed by atoms with Crippen LogP contribution in [-0.2, 0) is 13.1 Å². The molecule has 3 aromatic carbocycles. The molecule has 0 aliphatic heterocycles. The number of fused-ring (bicyclic) bond motifs is 1. The van der Waals surface area contributed by atoms with Crippen LogP contribution >= 0.6 is 12.2 Å². The molecule has 4 rings (SSSR count). The number of halogens is 1. The first kappa shape index (κ1) is 19.8. The van der Waals surface area contributed by atoms with Gasteiger partial charge in [-0.05, 0) is 29.9 Å². The van der Waals surface area contributed by atoms with Crippen molar-refractivity contribution >= 4 is 34.4 Å². The van der Waals surface area contributed by atoms with Gasteiger partial charge in [-0.25, -0.2) is 4.39 Å². The zero-order chi connectivity index (χ0) is 20.8. The number of rotatable bonds is 6. The van der Waals surface area contributed by atoms with Crippen molar-refractivity contribution in [2.24, 2.45) is 5.10 Å². The number of aromatic nitrogens is 1. The Morgan fingerprint density at radius 3 is 2.53 bits per heavy atom. The van der Waals surface area contributed by atoms with E-state index in [1.807, 2.05) is 71.4 Å². The monoisotopic (exact) mass is 416 g/mol. The maximum absolute atomic E-state index is 14.1. The zero-order valence-corrected chi connectivity index (χ0v) is 17.1. The highest BCUT2D eigenvalue weighted by Crippen LogP contribution is 2.22. The second kappa shape index (κ2) is 9.33. The van der Waals surface area contributed by atoms with E-state index in [0.717, 1.165) is 22.0 Å². The summed E-state index contributed by atoms with van der Waals surface area (Å²) in [5, 5.41) is 8.90. The Balaban J connectivity index is 1.46. The van der Waals surface area contributed by atoms with E-state index in [1.54, 1.807) is 18.3 Å². The van der Waals surface area contributed by atoms with E-state index < -0.39 is 0 Å². The maximum Gasteiger partial charge on any atom is 0.187 e. The second-order valence-electron chi connectivity index (χ2n) is 6.86. The fourth-order valence-corrected chi connectivity index (χ4v) is 3.42. The molecule has 0 spiro atoms. The van der Waals surface area contributed by atoms with Crippen LogP contribution in [0.3, 0.4) is 0 Å². The topological polar surface area (TPSA) is 41.4 Å². The molecule has 0 fully saturated rings. The molecular weight excluding hydrogens is 395 g/mol. The van der Waals surface area contributed by atoms with Crippen molar-refractivity contribution in [3.05, 3.63) is 108 Å². The van der Waals surface area contributed by atoms with Crippen LogP contribution in [0.5, 0.6) is 0 Å². The van der Waals surface area contributed by atoms with Crippen molar-refractivity contribution in [2.45, 2.75) is 13.1 Å². The average Bonchev–Trinajstić information content (AvgIpc) is 3.12. The van der Waals surface area contributed by atoms with Crippen molar-refractivity contribution in [3.63, 3.8) is 0 Å². The largest absolute Gasteiger partial charge is 0.357 e. The molecule has 2 N–H and O–H groups in total. The minimum atomic E-state index is -0.206. The summed E-state index contributed by atoms with van der Waals surface area (Å²) in [4.78, 5) is 0. The van der Waals surface area contributed by atoms with Crippen LogP contribution < -0.4 is 10.7 Å². The Morgan fingerprint density at radius 1 is 0.967 bits per heavy atom. The molecular formula is C24H21FN4S. The molecule has 0 atom stereocenters. The molecule has 0 radical (unpaired) electrons. The summed E-state index contributed by atoms with van der Waals surface area (Å²) in [6, 6.07) is 24.9. The molecule has 30 heavy (non-hydrogen) atoms. The first-order valence-electron chi connectivity index (χ1n) is 9.63. The van der Waals surface area contributed by atoms with Crippen molar-refractivity contribution < 1.29 is 4.39 Å². The lowest BCUT2D eigenvalue weighted by Gasteiger charge is -2.06. The highest BCUT2D eigenvalue weighted by molar-refractivity contribution is 7.80. The summed E-state index contributed by atoms with van der Waals surface area (Å²) in [5.74, 6) is -0.206. The molecule has 1 aromatic heterocycles. The lowest BCUT2D eigenvalue weighted by atomic mass is 10.2. The Kier molecular flexibility index (Phi) is 6.15. The summed E-state index contributed by atoms with van der Waals surface area (Å²) >= 11 is 5.29. The third-order valence-corrected chi connectivity index (χ3v) is 5.02. The Bertz CT molecular complexity index is 1180. The van der Waals surface area contributed by atoms with E-state index in [2.05, 4.69) is 15.8 Å². The summed E-state index contributed by atoms with van der Waals surface area (Å²) in [6.45, 7) is 1.08. The predicted molar refractivity (Wildman–Crippen MR) is 124 cm³/mol. The maximum atomic E-state index is 14.1. The van der Waals surface area contributed by atoms with E-state index in [-0.39, 0.29) is 5.82 Å². The smallest absolute Gasteiger partial charge is 0.187 e. The summed E-state index contributed by atoms with van der Waals surface area (Å²) in [6.07, 6.45) is 3.71. The van der Waals surface area contributed by atoms with E-state index in [0.29, 0.717) is 23.8 Å². The van der Waals surface area contributed by atoms with Crippen LogP contribution in [0.1, 0.15) is 16.7 Å². The van der Waals surface area contributed by atoms with Crippen molar-refractivity contribution in [3.8, 4) is 0 Å². The third-order valence-electron chi connectivity index (χ3n) is 4.78. The fourth-order valence-electron chi connectivity index (χ4n) is 3.30. The van der Waals surface area contributed by atoms with Crippen LogP contribution in [0, 0.1) is 5.82 Å². The molecule has 6 heteroatoms. The van der Waals surface area contributed by atoms with Gasteiger partial charge in [0.2, 0.25) is 0 Å². The van der Waals surface area contributed by atoms with Gasteiger partial charge >= 0.3 is 0 Å². The number of nitrogens with zero attached hydrogens (tertiary/aromatic N) is 2. The molecule has 0 aliphatic rings.